The first-order chi connectivity index (χ1) is 10.9. The Morgan fingerprint density at radius 1 is 1.39 bits per heavy atom. The first kappa shape index (κ1) is 15.1. The zero-order valence-corrected chi connectivity index (χ0v) is 12.5. The van der Waals surface area contributed by atoms with Gasteiger partial charge in [0.05, 0.1) is 12.2 Å². The molecule has 0 unspecified atom stereocenters. The van der Waals surface area contributed by atoms with Crippen LogP contribution in [-0.2, 0) is 14.3 Å². The summed E-state index contributed by atoms with van der Waals surface area (Å²) in [7, 11) is 2.87. The van der Waals surface area contributed by atoms with E-state index in [2.05, 4.69) is 5.32 Å². The van der Waals surface area contributed by atoms with Gasteiger partial charge in [-0.05, 0) is 0 Å². The minimum absolute atomic E-state index is 0.0143. The summed E-state index contributed by atoms with van der Waals surface area (Å²) in [6, 6.07) is 2.54. The predicted octanol–water partition coefficient (Wildman–Crippen LogP) is 0.252. The van der Waals surface area contributed by atoms with Gasteiger partial charge in [-0.15, -0.1) is 0 Å². The average molecular weight is 323 g/mol. The van der Waals surface area contributed by atoms with E-state index in [-0.39, 0.29) is 36.2 Å². The molecule has 2 aliphatic heterocycles. The van der Waals surface area contributed by atoms with E-state index in [0.29, 0.717) is 0 Å². The molecule has 9 heteroatoms. The van der Waals surface area contributed by atoms with Gasteiger partial charge in [-0.25, -0.2) is 9.18 Å². The number of nitrogens with zero attached hydrogens (tertiary/aromatic N) is 2. The number of carbonyl (C=O) groups is 3. The van der Waals surface area contributed by atoms with Crippen LogP contribution in [0.2, 0.25) is 0 Å². The smallest absolute Gasteiger partial charge is 0.415 e. The molecule has 2 aliphatic rings. The highest BCUT2D eigenvalue weighted by atomic mass is 19.1. The molecule has 3 rings (SSSR count). The Hall–Kier alpha value is -2.84. The molecular weight excluding hydrogens is 309 g/mol. The quantitative estimate of drug-likeness (QED) is 0.843. The molecule has 8 nitrogen and oxygen atoms in total. The fraction of sp³-hybridized carbons (Fsp3) is 0.357. The standard InChI is InChI=1S/C14H14FN3O5/c1-16-13(20)10-5-18(14(21)23-10)7-3-8(15)12-9(4-7)22-6-11(19)17(12)2/h3-4,10H,5-6H2,1-2H3,(H,16,20)/t10-/m1/s1. The Bertz CT molecular complexity index is 708. The van der Waals surface area contributed by atoms with Crippen molar-refractivity contribution in [1.29, 1.82) is 0 Å². The van der Waals surface area contributed by atoms with Gasteiger partial charge in [0, 0.05) is 26.2 Å². The summed E-state index contributed by atoms with van der Waals surface area (Å²) in [6.45, 7) is -0.247. The SMILES string of the molecule is CNC(=O)[C@H]1CN(c2cc(F)c3c(c2)OCC(=O)N3C)C(=O)O1. The average Bonchev–Trinajstić information content (AvgIpc) is 2.91. The molecule has 1 atom stereocenters. The van der Waals surface area contributed by atoms with Crippen molar-refractivity contribution < 1.29 is 28.2 Å². The van der Waals surface area contributed by atoms with Crippen LogP contribution in [0.25, 0.3) is 0 Å². The van der Waals surface area contributed by atoms with E-state index in [1.807, 2.05) is 0 Å². The van der Waals surface area contributed by atoms with Crippen LogP contribution < -0.4 is 19.9 Å². The number of amides is 3. The van der Waals surface area contributed by atoms with E-state index in [9.17, 15) is 18.8 Å². The fourth-order valence-electron chi connectivity index (χ4n) is 2.48. The highest BCUT2D eigenvalue weighted by molar-refractivity contribution is 5.99. The molecule has 0 aliphatic carbocycles. The number of nitrogens with one attached hydrogen (secondary N) is 1. The molecule has 0 radical (unpaired) electrons. The molecular formula is C14H14FN3O5. The number of ether oxygens (including phenoxy) is 2. The molecule has 1 saturated heterocycles. The number of hydrogen-bond acceptors (Lipinski definition) is 5. The monoisotopic (exact) mass is 323 g/mol. The van der Waals surface area contributed by atoms with E-state index in [1.54, 1.807) is 0 Å². The number of cyclic esters (lactones) is 1. The Labute approximate surface area is 130 Å². The van der Waals surface area contributed by atoms with Gasteiger partial charge < -0.3 is 19.7 Å². The van der Waals surface area contributed by atoms with Gasteiger partial charge in [0.2, 0.25) is 0 Å². The van der Waals surface area contributed by atoms with E-state index in [0.717, 1.165) is 15.9 Å². The van der Waals surface area contributed by atoms with Crippen molar-refractivity contribution in [3.63, 3.8) is 0 Å². The number of halogens is 1. The lowest BCUT2D eigenvalue weighted by atomic mass is 10.2. The lowest BCUT2D eigenvalue weighted by molar-refractivity contribution is -0.127. The van der Waals surface area contributed by atoms with Crippen molar-refractivity contribution in [2.24, 2.45) is 0 Å². The first-order valence-electron chi connectivity index (χ1n) is 6.85. The van der Waals surface area contributed by atoms with Crippen LogP contribution in [0, 0.1) is 5.82 Å². The maximum absolute atomic E-state index is 14.3. The van der Waals surface area contributed by atoms with Crippen molar-refractivity contribution in [1.82, 2.24) is 5.32 Å². The van der Waals surface area contributed by atoms with Gasteiger partial charge in [0.15, 0.2) is 18.5 Å². The van der Waals surface area contributed by atoms with Crippen molar-refractivity contribution in [2.75, 3.05) is 37.0 Å². The van der Waals surface area contributed by atoms with Crippen molar-refractivity contribution in [2.45, 2.75) is 6.10 Å². The molecule has 0 bridgehead atoms. The van der Waals surface area contributed by atoms with E-state index in [4.69, 9.17) is 9.47 Å². The second kappa shape index (κ2) is 5.41. The van der Waals surface area contributed by atoms with Gasteiger partial charge in [0.1, 0.15) is 11.4 Å². The van der Waals surface area contributed by atoms with Crippen LogP contribution >= 0.6 is 0 Å². The van der Waals surface area contributed by atoms with E-state index in [1.165, 1.54) is 20.2 Å². The molecule has 1 aromatic rings. The third-order valence-electron chi connectivity index (χ3n) is 3.74. The number of carbonyl (C=O) groups excluding carboxylic acids is 3. The van der Waals surface area contributed by atoms with Gasteiger partial charge in [-0.2, -0.15) is 0 Å². The summed E-state index contributed by atoms with van der Waals surface area (Å²) in [5.41, 5.74) is 0.209. The van der Waals surface area contributed by atoms with Crippen LogP contribution in [0.3, 0.4) is 0 Å². The molecule has 1 aromatic carbocycles. The topological polar surface area (TPSA) is 88.2 Å². The summed E-state index contributed by atoms with van der Waals surface area (Å²) in [6.07, 6.45) is -1.71. The van der Waals surface area contributed by atoms with Crippen LogP contribution in [0.15, 0.2) is 12.1 Å². The number of fused-ring (bicyclic) bond motifs is 1. The fourth-order valence-corrected chi connectivity index (χ4v) is 2.48. The Morgan fingerprint density at radius 3 is 2.83 bits per heavy atom. The van der Waals surface area contributed by atoms with Gasteiger partial charge in [0.25, 0.3) is 11.8 Å². The lowest BCUT2D eigenvalue weighted by Gasteiger charge is -2.27. The number of hydrogen-bond donors (Lipinski definition) is 1. The van der Waals surface area contributed by atoms with Crippen molar-refractivity contribution in [3.05, 3.63) is 17.9 Å². The highest BCUT2D eigenvalue weighted by Crippen LogP contribution is 2.38. The molecule has 0 spiro atoms. The zero-order valence-electron chi connectivity index (χ0n) is 12.5. The van der Waals surface area contributed by atoms with Crippen molar-refractivity contribution in [3.8, 4) is 5.75 Å². The maximum Gasteiger partial charge on any atom is 0.415 e. The first-order valence-corrected chi connectivity index (χ1v) is 6.85. The highest BCUT2D eigenvalue weighted by Gasteiger charge is 2.38. The van der Waals surface area contributed by atoms with E-state index < -0.39 is 23.9 Å². The van der Waals surface area contributed by atoms with Crippen LogP contribution in [-0.4, -0.2) is 51.3 Å². The minimum atomic E-state index is -0.961. The predicted molar refractivity (Wildman–Crippen MR) is 77.0 cm³/mol. The van der Waals surface area contributed by atoms with Crippen molar-refractivity contribution >= 4 is 29.3 Å². The van der Waals surface area contributed by atoms with Gasteiger partial charge in [-0.1, -0.05) is 0 Å². The van der Waals surface area contributed by atoms with Gasteiger partial charge in [-0.3, -0.25) is 14.5 Å². The zero-order chi connectivity index (χ0) is 16.7. The Morgan fingerprint density at radius 2 is 2.13 bits per heavy atom. The summed E-state index contributed by atoms with van der Waals surface area (Å²) in [5, 5.41) is 2.39. The Kier molecular flexibility index (Phi) is 3.55. The molecule has 3 amide bonds. The minimum Gasteiger partial charge on any atom is -0.481 e. The molecule has 1 fully saturated rings. The Balaban J connectivity index is 1.93. The van der Waals surface area contributed by atoms with E-state index >= 15 is 0 Å². The summed E-state index contributed by atoms with van der Waals surface area (Å²) >= 11 is 0. The molecule has 0 aromatic heterocycles. The number of likely N-dealkylation sites (N-methyl/N-ethyl adjacent to an activating group) is 2. The maximum atomic E-state index is 14.3. The second-order valence-electron chi connectivity index (χ2n) is 5.11. The van der Waals surface area contributed by atoms with Crippen LogP contribution in [0.1, 0.15) is 0 Å². The number of anilines is 2. The normalized spacial score (nSPS) is 20.0. The molecule has 23 heavy (non-hydrogen) atoms. The number of benzene rings is 1. The van der Waals surface area contributed by atoms with Crippen LogP contribution in [0.4, 0.5) is 20.6 Å². The summed E-state index contributed by atoms with van der Waals surface area (Å²) in [4.78, 5) is 37.3. The molecule has 2 heterocycles. The summed E-state index contributed by atoms with van der Waals surface area (Å²) in [5.74, 6) is -1.37. The lowest BCUT2D eigenvalue weighted by Crippen LogP contribution is -2.37. The molecule has 1 N–H and O–H groups in total. The second-order valence-corrected chi connectivity index (χ2v) is 5.11. The van der Waals surface area contributed by atoms with Gasteiger partial charge >= 0.3 is 6.09 Å². The largest absolute Gasteiger partial charge is 0.481 e. The number of rotatable bonds is 2. The summed E-state index contributed by atoms with van der Waals surface area (Å²) < 4.78 is 24.5. The third-order valence-corrected chi connectivity index (χ3v) is 3.74. The third kappa shape index (κ3) is 2.43. The molecule has 122 valence electrons. The van der Waals surface area contributed by atoms with Crippen LogP contribution in [0.5, 0.6) is 5.75 Å². The molecule has 0 saturated carbocycles.